The molecule has 22 heavy (non-hydrogen) atoms. The first kappa shape index (κ1) is 16.1. The molecule has 0 radical (unpaired) electrons. The number of rotatable bonds is 6. The first-order valence-corrected chi connectivity index (χ1v) is 6.98. The molecule has 0 saturated carbocycles. The number of methoxy groups -OCH3 is 1. The number of nitrogens with one attached hydrogen (secondary N) is 1. The van der Waals surface area contributed by atoms with Gasteiger partial charge in [0.05, 0.1) is 12.8 Å². The second-order valence-corrected chi connectivity index (χ2v) is 4.87. The topological polar surface area (TPSA) is 78.8 Å². The van der Waals surface area contributed by atoms with Crippen LogP contribution in [-0.2, 0) is 11.2 Å². The summed E-state index contributed by atoms with van der Waals surface area (Å²) in [5, 5.41) is 21.0. The van der Waals surface area contributed by atoms with Crippen LogP contribution in [0.4, 0.5) is 5.69 Å². The Morgan fingerprint density at radius 2 is 1.91 bits per heavy atom. The van der Waals surface area contributed by atoms with Crippen LogP contribution in [0.5, 0.6) is 5.75 Å². The molecule has 0 aliphatic rings. The molecule has 0 aromatic heterocycles. The van der Waals surface area contributed by atoms with Crippen molar-refractivity contribution in [2.45, 2.75) is 12.8 Å². The van der Waals surface area contributed by atoms with E-state index in [0.29, 0.717) is 29.7 Å². The molecule has 0 heterocycles. The molecule has 3 N–H and O–H groups in total. The van der Waals surface area contributed by atoms with Crippen molar-refractivity contribution in [1.82, 2.24) is 0 Å². The summed E-state index contributed by atoms with van der Waals surface area (Å²) in [6.45, 7) is 0. The molecule has 0 atom stereocenters. The quantitative estimate of drug-likeness (QED) is 0.694. The Bertz CT molecular complexity index is 631. The van der Waals surface area contributed by atoms with Gasteiger partial charge in [-0.05, 0) is 29.6 Å². The van der Waals surface area contributed by atoms with Gasteiger partial charge in [0.2, 0.25) is 5.91 Å². The minimum Gasteiger partial charge on any atom is -0.495 e. The standard InChI is InChI=1S/C16H18BNO4/c1-22-15-11-13(17(20)21)8-9-14(15)18-16(19)10-7-12-5-3-2-4-6-12/h2-6,8-9,11,20-21H,7,10H2,1H3,(H,18,19). The number of ether oxygens (including phenoxy) is 1. The molecule has 2 rings (SSSR count). The van der Waals surface area contributed by atoms with Crippen LogP contribution in [0.3, 0.4) is 0 Å². The van der Waals surface area contributed by atoms with Gasteiger partial charge in [-0.15, -0.1) is 0 Å². The average molecular weight is 299 g/mol. The van der Waals surface area contributed by atoms with E-state index in [1.807, 2.05) is 30.3 Å². The van der Waals surface area contributed by atoms with E-state index < -0.39 is 7.12 Å². The van der Waals surface area contributed by atoms with E-state index in [9.17, 15) is 4.79 Å². The number of amides is 1. The molecular weight excluding hydrogens is 281 g/mol. The lowest BCUT2D eigenvalue weighted by atomic mass is 9.80. The largest absolute Gasteiger partial charge is 0.495 e. The van der Waals surface area contributed by atoms with E-state index in [0.717, 1.165) is 5.56 Å². The molecule has 0 aliphatic carbocycles. The summed E-state index contributed by atoms with van der Waals surface area (Å²) < 4.78 is 5.16. The van der Waals surface area contributed by atoms with Crippen molar-refractivity contribution < 1.29 is 19.6 Å². The summed E-state index contributed by atoms with van der Waals surface area (Å²) in [4.78, 5) is 12.0. The fraction of sp³-hybridized carbons (Fsp3) is 0.188. The molecule has 0 fully saturated rings. The molecular formula is C16H18BNO4. The lowest BCUT2D eigenvalue weighted by Gasteiger charge is -2.12. The van der Waals surface area contributed by atoms with Crippen LogP contribution in [-0.4, -0.2) is 30.2 Å². The van der Waals surface area contributed by atoms with Gasteiger partial charge in [-0.2, -0.15) is 0 Å². The van der Waals surface area contributed by atoms with Gasteiger partial charge in [0.25, 0.3) is 0 Å². The third-order valence-corrected chi connectivity index (χ3v) is 3.28. The average Bonchev–Trinajstić information content (AvgIpc) is 2.54. The van der Waals surface area contributed by atoms with Crippen LogP contribution >= 0.6 is 0 Å². The molecule has 1 amide bonds. The summed E-state index contributed by atoms with van der Waals surface area (Å²) in [7, 11) is -0.112. The summed E-state index contributed by atoms with van der Waals surface area (Å²) in [5.41, 5.74) is 1.91. The Labute approximate surface area is 129 Å². The molecule has 2 aromatic carbocycles. The second-order valence-electron chi connectivity index (χ2n) is 4.87. The van der Waals surface area contributed by atoms with E-state index in [4.69, 9.17) is 14.8 Å². The van der Waals surface area contributed by atoms with Gasteiger partial charge in [0.15, 0.2) is 0 Å². The summed E-state index contributed by atoms with van der Waals surface area (Å²) in [5.74, 6) is 0.262. The minimum atomic E-state index is -1.57. The number of hydrogen-bond acceptors (Lipinski definition) is 4. The van der Waals surface area contributed by atoms with Gasteiger partial charge in [-0.25, -0.2) is 0 Å². The van der Waals surface area contributed by atoms with Crippen molar-refractivity contribution in [1.29, 1.82) is 0 Å². The van der Waals surface area contributed by atoms with Crippen LogP contribution in [0, 0.1) is 0 Å². The Balaban J connectivity index is 1.99. The van der Waals surface area contributed by atoms with Gasteiger partial charge >= 0.3 is 7.12 Å². The maximum atomic E-state index is 12.0. The number of aryl methyl sites for hydroxylation is 1. The predicted octanol–water partition coefficient (Wildman–Crippen LogP) is 0.946. The van der Waals surface area contributed by atoms with E-state index in [2.05, 4.69) is 5.32 Å². The summed E-state index contributed by atoms with van der Waals surface area (Å²) in [6, 6.07) is 14.4. The molecule has 2 aromatic rings. The number of hydrogen-bond donors (Lipinski definition) is 3. The van der Waals surface area contributed by atoms with Crippen LogP contribution in [0.1, 0.15) is 12.0 Å². The van der Waals surface area contributed by atoms with Crippen molar-refractivity contribution in [3.8, 4) is 5.75 Å². The number of carbonyl (C=O) groups is 1. The molecule has 0 saturated heterocycles. The van der Waals surface area contributed by atoms with Crippen molar-refractivity contribution in [3.05, 3.63) is 54.1 Å². The van der Waals surface area contributed by atoms with Crippen molar-refractivity contribution in [2.24, 2.45) is 0 Å². The third-order valence-electron chi connectivity index (χ3n) is 3.28. The molecule has 6 heteroatoms. The molecule has 0 unspecified atom stereocenters. The summed E-state index contributed by atoms with van der Waals surface area (Å²) >= 11 is 0. The van der Waals surface area contributed by atoms with Crippen molar-refractivity contribution >= 4 is 24.2 Å². The SMILES string of the molecule is COc1cc(B(O)O)ccc1NC(=O)CCc1ccccc1. The van der Waals surface area contributed by atoms with Crippen LogP contribution in [0.2, 0.25) is 0 Å². The lowest BCUT2D eigenvalue weighted by Crippen LogP contribution is -2.29. The minimum absolute atomic E-state index is 0.126. The zero-order valence-corrected chi connectivity index (χ0v) is 12.3. The molecule has 114 valence electrons. The zero-order chi connectivity index (χ0) is 15.9. The Hall–Kier alpha value is -2.31. The van der Waals surface area contributed by atoms with Gasteiger partial charge in [-0.1, -0.05) is 36.4 Å². The summed E-state index contributed by atoms with van der Waals surface area (Å²) in [6.07, 6.45) is 1.01. The van der Waals surface area contributed by atoms with Crippen molar-refractivity contribution in [2.75, 3.05) is 12.4 Å². The highest BCUT2D eigenvalue weighted by Crippen LogP contribution is 2.22. The maximum absolute atomic E-state index is 12.0. The molecule has 0 aliphatic heterocycles. The monoisotopic (exact) mass is 299 g/mol. The highest BCUT2D eigenvalue weighted by molar-refractivity contribution is 6.58. The number of carbonyl (C=O) groups excluding carboxylic acids is 1. The fourth-order valence-corrected chi connectivity index (χ4v) is 2.09. The first-order valence-electron chi connectivity index (χ1n) is 6.98. The number of anilines is 1. The van der Waals surface area contributed by atoms with Gasteiger partial charge in [0, 0.05) is 6.42 Å². The zero-order valence-electron chi connectivity index (χ0n) is 12.3. The van der Waals surface area contributed by atoms with Gasteiger partial charge < -0.3 is 20.1 Å². The Morgan fingerprint density at radius 1 is 1.18 bits per heavy atom. The van der Waals surface area contributed by atoms with Crippen LogP contribution < -0.4 is 15.5 Å². The lowest BCUT2D eigenvalue weighted by molar-refractivity contribution is -0.116. The normalized spacial score (nSPS) is 10.1. The Kier molecular flexibility index (Phi) is 5.58. The van der Waals surface area contributed by atoms with Crippen LogP contribution in [0.15, 0.2) is 48.5 Å². The van der Waals surface area contributed by atoms with E-state index >= 15 is 0 Å². The Morgan fingerprint density at radius 3 is 2.55 bits per heavy atom. The smallest absolute Gasteiger partial charge is 0.488 e. The van der Waals surface area contributed by atoms with Crippen LogP contribution in [0.25, 0.3) is 0 Å². The van der Waals surface area contributed by atoms with E-state index in [1.54, 1.807) is 6.07 Å². The number of benzene rings is 2. The maximum Gasteiger partial charge on any atom is 0.488 e. The van der Waals surface area contributed by atoms with E-state index in [1.165, 1.54) is 19.2 Å². The molecule has 5 nitrogen and oxygen atoms in total. The van der Waals surface area contributed by atoms with Crippen molar-refractivity contribution in [3.63, 3.8) is 0 Å². The molecule has 0 bridgehead atoms. The third kappa shape index (κ3) is 4.34. The highest BCUT2D eigenvalue weighted by Gasteiger charge is 2.15. The highest BCUT2D eigenvalue weighted by atomic mass is 16.5. The first-order chi connectivity index (χ1) is 10.6. The fourth-order valence-electron chi connectivity index (χ4n) is 2.09. The van der Waals surface area contributed by atoms with Gasteiger partial charge in [0.1, 0.15) is 5.75 Å². The second kappa shape index (κ2) is 7.63. The van der Waals surface area contributed by atoms with E-state index in [-0.39, 0.29) is 5.91 Å². The van der Waals surface area contributed by atoms with Gasteiger partial charge in [-0.3, -0.25) is 4.79 Å². The predicted molar refractivity (Wildman–Crippen MR) is 86.2 cm³/mol. The molecule has 0 spiro atoms.